The van der Waals surface area contributed by atoms with Crippen molar-refractivity contribution in [1.29, 1.82) is 0 Å². The molecule has 0 atom stereocenters. The highest BCUT2D eigenvalue weighted by Gasteiger charge is 2.15. The first-order valence-electron chi connectivity index (χ1n) is 5.64. The zero-order chi connectivity index (χ0) is 13.7. The molecule has 0 saturated carbocycles. The first-order chi connectivity index (χ1) is 8.49. The van der Waals surface area contributed by atoms with Crippen molar-refractivity contribution in [2.24, 2.45) is 0 Å². The van der Waals surface area contributed by atoms with Crippen LogP contribution in [0.15, 0.2) is 30.1 Å². The molecule has 0 amide bonds. The van der Waals surface area contributed by atoms with E-state index in [0.717, 1.165) is 6.07 Å². The van der Waals surface area contributed by atoms with Gasteiger partial charge in [-0.1, -0.05) is 19.1 Å². The minimum absolute atomic E-state index is 0.176. The van der Waals surface area contributed by atoms with Crippen LogP contribution in [0.5, 0.6) is 0 Å². The molecule has 0 heterocycles. The van der Waals surface area contributed by atoms with Crippen molar-refractivity contribution in [3.05, 3.63) is 53.1 Å². The Labute approximate surface area is 104 Å². The summed E-state index contributed by atoms with van der Waals surface area (Å²) in [7, 11) is 0. The lowest BCUT2D eigenvalue weighted by Crippen LogP contribution is -1.96. The second kappa shape index (κ2) is 6.38. The van der Waals surface area contributed by atoms with Crippen LogP contribution in [0.4, 0.5) is 17.6 Å². The smallest absolute Gasteiger partial charge is 0.166 e. The molecule has 1 aromatic carbocycles. The molecule has 0 N–H and O–H groups in total. The number of rotatable bonds is 4. The zero-order valence-corrected chi connectivity index (χ0v) is 10.2. The molecule has 0 aromatic heterocycles. The van der Waals surface area contributed by atoms with Crippen LogP contribution in [0.1, 0.15) is 32.3 Å². The molecule has 98 valence electrons. The minimum atomic E-state index is -1.27. The molecular weight excluding hydrogens is 244 g/mol. The van der Waals surface area contributed by atoms with Crippen molar-refractivity contribution in [1.82, 2.24) is 0 Å². The molecule has 18 heavy (non-hydrogen) atoms. The van der Waals surface area contributed by atoms with E-state index < -0.39 is 23.3 Å². The zero-order valence-electron chi connectivity index (χ0n) is 10.2. The normalized spacial score (nSPS) is 13.0. The topological polar surface area (TPSA) is 0 Å². The van der Waals surface area contributed by atoms with Gasteiger partial charge in [-0.25, -0.2) is 17.6 Å². The van der Waals surface area contributed by atoms with Crippen LogP contribution < -0.4 is 0 Å². The van der Waals surface area contributed by atoms with Crippen molar-refractivity contribution in [2.45, 2.75) is 26.7 Å². The second-order valence-corrected chi connectivity index (χ2v) is 3.80. The molecule has 0 nitrogen and oxygen atoms in total. The summed E-state index contributed by atoms with van der Waals surface area (Å²) < 4.78 is 53.0. The van der Waals surface area contributed by atoms with Gasteiger partial charge in [0.15, 0.2) is 11.6 Å². The molecule has 0 bridgehead atoms. The van der Waals surface area contributed by atoms with E-state index in [9.17, 15) is 17.6 Å². The molecule has 1 rings (SSSR count). The molecule has 0 radical (unpaired) electrons. The van der Waals surface area contributed by atoms with E-state index in [4.69, 9.17) is 0 Å². The molecule has 0 fully saturated rings. The van der Waals surface area contributed by atoms with Crippen LogP contribution in [0.2, 0.25) is 0 Å². The molecule has 1 aromatic rings. The monoisotopic (exact) mass is 258 g/mol. The summed E-state index contributed by atoms with van der Waals surface area (Å²) in [6, 6.07) is 1.33. The lowest BCUT2D eigenvalue weighted by Gasteiger charge is -2.08. The molecule has 0 spiro atoms. The fourth-order valence-corrected chi connectivity index (χ4v) is 1.62. The average molecular weight is 258 g/mol. The summed E-state index contributed by atoms with van der Waals surface area (Å²) in [5.74, 6) is -3.77. The molecule has 0 saturated heterocycles. The number of hydrogen-bond donors (Lipinski definition) is 0. The summed E-state index contributed by atoms with van der Waals surface area (Å²) in [6.45, 7) is 3.33. The van der Waals surface area contributed by atoms with E-state index in [1.807, 2.05) is 0 Å². The Morgan fingerprint density at radius 3 is 2.44 bits per heavy atom. The first kappa shape index (κ1) is 14.5. The lowest BCUT2D eigenvalue weighted by atomic mass is 10.0. The highest BCUT2D eigenvalue weighted by Crippen LogP contribution is 2.27. The van der Waals surface area contributed by atoms with Crippen molar-refractivity contribution < 1.29 is 17.6 Å². The Kier molecular flexibility index (Phi) is 5.13. The van der Waals surface area contributed by atoms with Crippen molar-refractivity contribution >= 4 is 5.57 Å². The van der Waals surface area contributed by atoms with Crippen molar-refractivity contribution in [3.63, 3.8) is 0 Å². The van der Waals surface area contributed by atoms with Gasteiger partial charge in [0.1, 0.15) is 11.6 Å². The Morgan fingerprint density at radius 2 is 1.89 bits per heavy atom. The lowest BCUT2D eigenvalue weighted by molar-refractivity contribution is 0.492. The standard InChI is InChI=1S/C14H14F4/c1-3-5-10(15)6-9(4-2)12-7-11(16)8-13(17)14(12)18/h4-5,7-8H,3,6H2,1-2H3/b9-4+,10-5+. The van der Waals surface area contributed by atoms with Gasteiger partial charge in [-0.15, -0.1) is 0 Å². The minimum Gasteiger partial charge on any atom is -0.212 e. The second-order valence-electron chi connectivity index (χ2n) is 3.80. The summed E-state index contributed by atoms with van der Waals surface area (Å²) in [5.41, 5.74) is -0.0252. The fourth-order valence-electron chi connectivity index (χ4n) is 1.62. The SMILES string of the molecule is C/C=C(\C/C(F)=C\CC)c1cc(F)cc(F)c1F. The van der Waals surface area contributed by atoms with Gasteiger partial charge in [0.25, 0.3) is 0 Å². The highest BCUT2D eigenvalue weighted by molar-refractivity contribution is 5.67. The fraction of sp³-hybridized carbons (Fsp3) is 0.286. The highest BCUT2D eigenvalue weighted by atomic mass is 19.2. The van der Waals surface area contributed by atoms with E-state index in [2.05, 4.69) is 0 Å². The third-order valence-corrected chi connectivity index (χ3v) is 2.47. The Hall–Kier alpha value is -1.58. The van der Waals surface area contributed by atoms with E-state index in [0.29, 0.717) is 12.5 Å². The van der Waals surface area contributed by atoms with Gasteiger partial charge < -0.3 is 0 Å². The maximum atomic E-state index is 13.5. The van der Waals surface area contributed by atoms with Crippen molar-refractivity contribution in [3.8, 4) is 0 Å². The molecular formula is C14H14F4. The van der Waals surface area contributed by atoms with E-state index in [-0.39, 0.29) is 17.6 Å². The van der Waals surface area contributed by atoms with E-state index >= 15 is 0 Å². The predicted octanol–water partition coefficient (Wildman–Crippen LogP) is 5.16. The van der Waals surface area contributed by atoms with E-state index in [1.54, 1.807) is 13.8 Å². The Morgan fingerprint density at radius 1 is 1.22 bits per heavy atom. The van der Waals surface area contributed by atoms with Crippen LogP contribution >= 0.6 is 0 Å². The van der Waals surface area contributed by atoms with Gasteiger partial charge in [-0.2, -0.15) is 0 Å². The summed E-state index contributed by atoms with van der Waals surface area (Å²) >= 11 is 0. The Bertz CT molecular complexity index is 487. The average Bonchev–Trinajstić information content (AvgIpc) is 2.31. The number of allylic oxidation sites excluding steroid dienone is 4. The summed E-state index contributed by atoms with van der Waals surface area (Å²) in [6.07, 6.45) is 3.12. The van der Waals surface area contributed by atoms with Crippen LogP contribution in [0, 0.1) is 17.5 Å². The summed E-state index contributed by atoms with van der Waals surface area (Å²) in [4.78, 5) is 0. The first-order valence-corrected chi connectivity index (χ1v) is 5.64. The molecule has 0 unspecified atom stereocenters. The van der Waals surface area contributed by atoms with Crippen LogP contribution in [0.25, 0.3) is 5.57 Å². The predicted molar refractivity (Wildman–Crippen MR) is 64.1 cm³/mol. The van der Waals surface area contributed by atoms with Crippen LogP contribution in [-0.4, -0.2) is 0 Å². The third-order valence-electron chi connectivity index (χ3n) is 2.47. The number of benzene rings is 1. The van der Waals surface area contributed by atoms with Gasteiger partial charge in [0.2, 0.25) is 0 Å². The summed E-state index contributed by atoms with van der Waals surface area (Å²) in [5, 5.41) is 0. The molecule has 0 aliphatic carbocycles. The van der Waals surface area contributed by atoms with Crippen molar-refractivity contribution in [2.75, 3.05) is 0 Å². The quantitative estimate of drug-likeness (QED) is 0.517. The van der Waals surface area contributed by atoms with Gasteiger partial charge in [0, 0.05) is 18.1 Å². The largest absolute Gasteiger partial charge is 0.212 e. The maximum Gasteiger partial charge on any atom is 0.166 e. The van der Waals surface area contributed by atoms with Crippen LogP contribution in [0.3, 0.4) is 0 Å². The number of hydrogen-bond acceptors (Lipinski definition) is 0. The molecule has 0 aliphatic rings. The van der Waals surface area contributed by atoms with Gasteiger partial charge in [0.05, 0.1) is 0 Å². The van der Waals surface area contributed by atoms with Gasteiger partial charge in [-0.05, 0) is 25.0 Å². The van der Waals surface area contributed by atoms with Gasteiger partial charge in [-0.3, -0.25) is 0 Å². The Balaban J connectivity index is 3.15. The van der Waals surface area contributed by atoms with E-state index in [1.165, 1.54) is 12.2 Å². The maximum absolute atomic E-state index is 13.5. The van der Waals surface area contributed by atoms with Crippen LogP contribution in [-0.2, 0) is 0 Å². The molecule has 4 heteroatoms. The number of halogens is 4. The van der Waals surface area contributed by atoms with Gasteiger partial charge >= 0.3 is 0 Å². The molecule has 0 aliphatic heterocycles. The third kappa shape index (κ3) is 3.45.